The minimum Gasteiger partial charge on any atom is -0.326 e. The standard InChI is InChI=1S/C8H9FN2O2/c1-5-2-8(11(12)13)6(4-10)3-7(5)9/h2-3H,4,10H2,1H3. The number of benzene rings is 1. The second kappa shape index (κ2) is 3.49. The highest BCUT2D eigenvalue weighted by Crippen LogP contribution is 2.21. The molecule has 1 aromatic rings. The smallest absolute Gasteiger partial charge is 0.274 e. The molecule has 0 unspecified atom stereocenters. The first kappa shape index (κ1) is 9.60. The van der Waals surface area contributed by atoms with Crippen molar-refractivity contribution in [3.05, 3.63) is 39.2 Å². The van der Waals surface area contributed by atoms with Gasteiger partial charge in [-0.25, -0.2) is 4.39 Å². The fraction of sp³-hybridized carbons (Fsp3) is 0.250. The molecule has 0 aliphatic heterocycles. The van der Waals surface area contributed by atoms with Crippen molar-refractivity contribution in [2.24, 2.45) is 5.73 Å². The number of halogens is 1. The van der Waals surface area contributed by atoms with Crippen molar-refractivity contribution < 1.29 is 9.31 Å². The zero-order valence-corrected chi connectivity index (χ0v) is 7.08. The van der Waals surface area contributed by atoms with Crippen LogP contribution < -0.4 is 5.73 Å². The van der Waals surface area contributed by atoms with E-state index in [1.807, 2.05) is 0 Å². The molecule has 0 saturated heterocycles. The van der Waals surface area contributed by atoms with Gasteiger partial charge in [-0.05, 0) is 18.6 Å². The Hall–Kier alpha value is -1.49. The highest BCUT2D eigenvalue weighted by molar-refractivity contribution is 5.43. The summed E-state index contributed by atoms with van der Waals surface area (Å²) < 4.78 is 12.9. The van der Waals surface area contributed by atoms with Gasteiger partial charge in [0.1, 0.15) is 5.82 Å². The van der Waals surface area contributed by atoms with Gasteiger partial charge in [-0.3, -0.25) is 10.1 Å². The van der Waals surface area contributed by atoms with Crippen LogP contribution in [0.2, 0.25) is 0 Å². The van der Waals surface area contributed by atoms with Crippen molar-refractivity contribution in [2.75, 3.05) is 0 Å². The molecule has 0 saturated carbocycles. The van der Waals surface area contributed by atoms with Gasteiger partial charge >= 0.3 is 0 Å². The maximum atomic E-state index is 12.9. The highest BCUT2D eigenvalue weighted by Gasteiger charge is 2.14. The predicted molar refractivity (Wildman–Crippen MR) is 45.7 cm³/mol. The second-order valence-corrected chi connectivity index (χ2v) is 2.69. The molecule has 0 aliphatic rings. The topological polar surface area (TPSA) is 69.2 Å². The normalized spacial score (nSPS) is 10.1. The van der Waals surface area contributed by atoms with E-state index in [0.717, 1.165) is 6.07 Å². The monoisotopic (exact) mass is 184 g/mol. The van der Waals surface area contributed by atoms with Gasteiger partial charge in [0, 0.05) is 18.2 Å². The Bertz CT molecular complexity index is 352. The Morgan fingerprint density at radius 2 is 2.23 bits per heavy atom. The van der Waals surface area contributed by atoms with E-state index in [1.54, 1.807) is 0 Å². The molecule has 0 bridgehead atoms. The fourth-order valence-corrected chi connectivity index (χ4v) is 1.04. The van der Waals surface area contributed by atoms with Crippen LogP contribution in [0, 0.1) is 22.9 Å². The van der Waals surface area contributed by atoms with Crippen LogP contribution in [-0.4, -0.2) is 4.92 Å². The third kappa shape index (κ3) is 1.81. The number of nitro groups is 1. The summed E-state index contributed by atoms with van der Waals surface area (Å²) in [4.78, 5) is 9.91. The van der Waals surface area contributed by atoms with E-state index in [9.17, 15) is 14.5 Å². The van der Waals surface area contributed by atoms with Gasteiger partial charge in [0.2, 0.25) is 0 Å². The lowest BCUT2D eigenvalue weighted by molar-refractivity contribution is -0.385. The quantitative estimate of drug-likeness (QED) is 0.559. The Morgan fingerprint density at radius 1 is 1.62 bits per heavy atom. The predicted octanol–water partition coefficient (Wildman–Crippen LogP) is 1.50. The molecule has 0 spiro atoms. The van der Waals surface area contributed by atoms with Gasteiger partial charge in [0.25, 0.3) is 5.69 Å². The lowest BCUT2D eigenvalue weighted by Crippen LogP contribution is -2.03. The first-order valence-electron chi connectivity index (χ1n) is 3.69. The molecule has 0 aromatic heterocycles. The van der Waals surface area contributed by atoms with E-state index in [2.05, 4.69) is 0 Å². The fourth-order valence-electron chi connectivity index (χ4n) is 1.04. The van der Waals surface area contributed by atoms with Crippen LogP contribution in [-0.2, 0) is 6.54 Å². The van der Waals surface area contributed by atoms with E-state index < -0.39 is 10.7 Å². The molecule has 0 fully saturated rings. The van der Waals surface area contributed by atoms with E-state index in [-0.39, 0.29) is 23.4 Å². The third-order valence-corrected chi connectivity index (χ3v) is 1.78. The van der Waals surface area contributed by atoms with Crippen molar-refractivity contribution in [1.82, 2.24) is 0 Å². The zero-order valence-electron chi connectivity index (χ0n) is 7.08. The molecule has 2 N–H and O–H groups in total. The SMILES string of the molecule is Cc1cc([N+](=O)[O-])c(CN)cc1F. The van der Waals surface area contributed by atoms with Crippen LogP contribution in [0.25, 0.3) is 0 Å². The molecule has 0 atom stereocenters. The summed E-state index contributed by atoms with van der Waals surface area (Å²) in [6.07, 6.45) is 0. The van der Waals surface area contributed by atoms with Crippen LogP contribution in [0.3, 0.4) is 0 Å². The van der Waals surface area contributed by atoms with E-state index in [1.165, 1.54) is 13.0 Å². The summed E-state index contributed by atoms with van der Waals surface area (Å²) in [5.74, 6) is -0.467. The van der Waals surface area contributed by atoms with Crippen LogP contribution in [0.1, 0.15) is 11.1 Å². The Labute approximate surface area is 74.3 Å². The average Bonchev–Trinajstić information content (AvgIpc) is 2.08. The minimum absolute atomic E-state index is 0.0342. The van der Waals surface area contributed by atoms with E-state index in [4.69, 9.17) is 5.73 Å². The molecule has 0 radical (unpaired) electrons. The average molecular weight is 184 g/mol. The molecule has 4 nitrogen and oxygen atoms in total. The van der Waals surface area contributed by atoms with Gasteiger partial charge in [-0.1, -0.05) is 0 Å². The zero-order chi connectivity index (χ0) is 10.0. The largest absolute Gasteiger partial charge is 0.326 e. The third-order valence-electron chi connectivity index (χ3n) is 1.78. The van der Waals surface area contributed by atoms with Crippen molar-refractivity contribution in [1.29, 1.82) is 0 Å². The number of nitrogens with two attached hydrogens (primary N) is 1. The molecular formula is C8H9FN2O2. The number of rotatable bonds is 2. The lowest BCUT2D eigenvalue weighted by Gasteiger charge is -2.01. The summed E-state index contributed by atoms with van der Waals surface area (Å²) in [5.41, 5.74) is 5.58. The number of aryl methyl sites for hydroxylation is 1. The molecular weight excluding hydrogens is 175 g/mol. The van der Waals surface area contributed by atoms with Gasteiger partial charge in [0.15, 0.2) is 0 Å². The maximum absolute atomic E-state index is 12.9. The first-order valence-corrected chi connectivity index (χ1v) is 3.69. The summed E-state index contributed by atoms with van der Waals surface area (Å²) >= 11 is 0. The molecule has 70 valence electrons. The van der Waals surface area contributed by atoms with Crippen molar-refractivity contribution in [3.8, 4) is 0 Å². The van der Waals surface area contributed by atoms with Crippen LogP contribution >= 0.6 is 0 Å². The van der Waals surface area contributed by atoms with E-state index >= 15 is 0 Å². The van der Waals surface area contributed by atoms with Crippen LogP contribution in [0.5, 0.6) is 0 Å². The summed E-state index contributed by atoms with van der Waals surface area (Å²) in [6.45, 7) is 1.44. The van der Waals surface area contributed by atoms with Gasteiger partial charge in [-0.15, -0.1) is 0 Å². The van der Waals surface area contributed by atoms with Gasteiger partial charge < -0.3 is 5.73 Å². The second-order valence-electron chi connectivity index (χ2n) is 2.69. The highest BCUT2D eigenvalue weighted by atomic mass is 19.1. The van der Waals surface area contributed by atoms with Gasteiger partial charge in [0.05, 0.1) is 4.92 Å². The number of hydrogen-bond donors (Lipinski definition) is 1. The van der Waals surface area contributed by atoms with E-state index in [0.29, 0.717) is 0 Å². The van der Waals surface area contributed by atoms with Crippen molar-refractivity contribution in [2.45, 2.75) is 13.5 Å². The number of hydrogen-bond acceptors (Lipinski definition) is 3. The molecule has 5 heteroatoms. The molecule has 13 heavy (non-hydrogen) atoms. The molecule has 1 rings (SSSR count). The van der Waals surface area contributed by atoms with Crippen molar-refractivity contribution >= 4 is 5.69 Å². The Kier molecular flexibility index (Phi) is 2.57. The molecule has 1 aromatic carbocycles. The maximum Gasteiger partial charge on any atom is 0.274 e. The first-order chi connectivity index (χ1) is 6.06. The summed E-state index contributed by atoms with van der Waals surface area (Å²) in [5, 5.41) is 10.5. The van der Waals surface area contributed by atoms with Gasteiger partial charge in [-0.2, -0.15) is 0 Å². The Morgan fingerprint density at radius 3 is 2.69 bits per heavy atom. The minimum atomic E-state index is -0.561. The summed E-state index contributed by atoms with van der Waals surface area (Å²) in [6, 6.07) is 2.30. The molecule has 0 heterocycles. The molecule has 0 aliphatic carbocycles. The Balaban J connectivity index is 3.33. The molecule has 0 amide bonds. The number of nitrogens with zero attached hydrogens (tertiary/aromatic N) is 1. The van der Waals surface area contributed by atoms with Crippen LogP contribution in [0.4, 0.5) is 10.1 Å². The summed E-state index contributed by atoms with van der Waals surface area (Å²) in [7, 11) is 0. The van der Waals surface area contributed by atoms with Crippen molar-refractivity contribution in [3.63, 3.8) is 0 Å². The number of nitro benzene ring substituents is 1. The van der Waals surface area contributed by atoms with Crippen LogP contribution in [0.15, 0.2) is 12.1 Å². The lowest BCUT2D eigenvalue weighted by atomic mass is 10.1.